The Kier molecular flexibility index (Phi) is 22.8. The molecule has 19 nitrogen and oxygen atoms in total. The van der Waals surface area contributed by atoms with Gasteiger partial charge in [0.1, 0.15) is 30.2 Å². The molecule has 3 N–H and O–H groups in total. The SMILES string of the molecule is CCCCCCCCCCCCCCCCCN(C[C@H]1O[C@@H](n2ccc(N)nc2=O)C(OC)[C@H]1OP(=O)(OC)OC(C)C)C(=O)CC1C(OC)[C@H](n2ccc(=O)[nH]c2=O)O[C@@H]1COC. The molecule has 4 unspecified atom stereocenters. The maximum atomic E-state index is 14.8. The molecule has 2 saturated heterocycles. The molecule has 0 aliphatic carbocycles. The second kappa shape index (κ2) is 27.4. The molecule has 2 aromatic rings. The Balaban J connectivity index is 1.55. The van der Waals surface area contributed by atoms with Gasteiger partial charge in [0.2, 0.25) is 5.91 Å². The maximum Gasteiger partial charge on any atom is 0.475 e. The molecule has 2 aliphatic heterocycles. The van der Waals surface area contributed by atoms with Crippen molar-refractivity contribution in [3.8, 4) is 0 Å². The highest BCUT2D eigenvalue weighted by atomic mass is 31.2. The van der Waals surface area contributed by atoms with Crippen molar-refractivity contribution < 1.29 is 46.6 Å². The van der Waals surface area contributed by atoms with Gasteiger partial charge in [0, 0.05) is 72.3 Å². The van der Waals surface area contributed by atoms with Crippen LogP contribution in [0.2, 0.25) is 0 Å². The van der Waals surface area contributed by atoms with Crippen molar-refractivity contribution in [2.75, 3.05) is 53.9 Å². The van der Waals surface area contributed by atoms with Gasteiger partial charge in [-0.2, -0.15) is 4.98 Å². The van der Waals surface area contributed by atoms with Crippen molar-refractivity contribution in [3.63, 3.8) is 0 Å². The van der Waals surface area contributed by atoms with Gasteiger partial charge in [0.25, 0.3) is 5.56 Å². The average molecular weight is 927 g/mol. The van der Waals surface area contributed by atoms with Crippen LogP contribution in [0.4, 0.5) is 5.82 Å². The third kappa shape index (κ3) is 15.7. The number of carbonyl (C=O) groups excluding carboxylic acids is 1. The number of amides is 1. The summed E-state index contributed by atoms with van der Waals surface area (Å²) in [5.41, 5.74) is 3.84. The second-order valence-electron chi connectivity index (χ2n) is 17.1. The van der Waals surface area contributed by atoms with Gasteiger partial charge in [-0.05, 0) is 26.3 Å². The Morgan fingerprint density at radius 1 is 0.812 bits per heavy atom. The summed E-state index contributed by atoms with van der Waals surface area (Å²) in [5.74, 6) is -0.860. The van der Waals surface area contributed by atoms with Crippen LogP contribution in [0.1, 0.15) is 136 Å². The van der Waals surface area contributed by atoms with E-state index >= 15 is 0 Å². The lowest BCUT2D eigenvalue weighted by Gasteiger charge is -2.32. The number of nitrogens with two attached hydrogens (primary N) is 1. The molecule has 2 aliphatic rings. The normalized spacial score (nSPS) is 24.4. The lowest BCUT2D eigenvalue weighted by Crippen LogP contribution is -2.46. The number of aromatic nitrogens is 4. The quantitative estimate of drug-likeness (QED) is 0.0642. The van der Waals surface area contributed by atoms with Gasteiger partial charge in [0.15, 0.2) is 12.5 Å². The minimum atomic E-state index is -4.23. The average Bonchev–Trinajstić information content (AvgIpc) is 3.76. The zero-order valence-corrected chi connectivity index (χ0v) is 40.0. The molecule has 0 radical (unpaired) electrons. The first-order valence-corrected chi connectivity index (χ1v) is 24.6. The molecule has 1 amide bonds. The van der Waals surface area contributed by atoms with Crippen molar-refractivity contribution >= 4 is 19.5 Å². The molecule has 4 rings (SSSR count). The number of nitrogens with one attached hydrogen (secondary N) is 1. The Bertz CT molecular complexity index is 1910. The number of nitrogens with zero attached hydrogens (tertiary/aromatic N) is 4. The van der Waals surface area contributed by atoms with Crippen molar-refractivity contribution in [2.24, 2.45) is 5.92 Å². The van der Waals surface area contributed by atoms with Crippen LogP contribution in [0.15, 0.2) is 38.9 Å². The van der Waals surface area contributed by atoms with Gasteiger partial charge < -0.3 is 34.3 Å². The number of unbranched alkanes of at least 4 members (excludes halogenated alkanes) is 14. The van der Waals surface area contributed by atoms with Crippen molar-refractivity contribution in [3.05, 3.63) is 55.8 Å². The number of hydrogen-bond acceptors (Lipinski definition) is 15. The van der Waals surface area contributed by atoms with Crippen molar-refractivity contribution in [2.45, 2.75) is 173 Å². The molecule has 20 heteroatoms. The van der Waals surface area contributed by atoms with E-state index in [1.807, 2.05) is 0 Å². The minimum Gasteiger partial charge on any atom is -0.383 e. The summed E-state index contributed by atoms with van der Waals surface area (Å²) in [6, 6.07) is 2.65. The van der Waals surface area contributed by atoms with Gasteiger partial charge in [-0.15, -0.1) is 0 Å². The number of carbonyl (C=O) groups is 1. The number of phosphoric ester groups is 1. The molecular weight excluding hydrogens is 851 g/mol. The van der Waals surface area contributed by atoms with E-state index in [0.29, 0.717) is 13.0 Å². The van der Waals surface area contributed by atoms with Crippen LogP contribution in [0.25, 0.3) is 0 Å². The van der Waals surface area contributed by atoms with Crippen LogP contribution in [-0.4, -0.2) is 115 Å². The maximum absolute atomic E-state index is 14.8. The van der Waals surface area contributed by atoms with E-state index < -0.39 is 79.8 Å². The van der Waals surface area contributed by atoms with Gasteiger partial charge >= 0.3 is 19.2 Å². The molecule has 2 aromatic heterocycles. The van der Waals surface area contributed by atoms with Gasteiger partial charge in [-0.3, -0.25) is 37.3 Å². The third-order valence-corrected chi connectivity index (χ3v) is 13.5. The van der Waals surface area contributed by atoms with Crippen molar-refractivity contribution in [1.29, 1.82) is 0 Å². The molecule has 0 bridgehead atoms. The first-order valence-electron chi connectivity index (χ1n) is 23.1. The summed E-state index contributed by atoms with van der Waals surface area (Å²) >= 11 is 0. The summed E-state index contributed by atoms with van der Waals surface area (Å²) in [5, 5.41) is 0. The van der Waals surface area contributed by atoms with Crippen LogP contribution < -0.4 is 22.7 Å². The predicted octanol–water partition coefficient (Wildman–Crippen LogP) is 6.12. The first-order chi connectivity index (χ1) is 30.8. The molecule has 64 heavy (non-hydrogen) atoms. The van der Waals surface area contributed by atoms with Crippen molar-refractivity contribution in [1.82, 2.24) is 24.0 Å². The number of H-pyrrole nitrogens is 1. The van der Waals surface area contributed by atoms with Gasteiger partial charge in [-0.25, -0.2) is 14.2 Å². The molecule has 2 fully saturated rings. The number of phosphoric acid groups is 1. The molecule has 364 valence electrons. The lowest BCUT2D eigenvalue weighted by atomic mass is 9.93. The van der Waals surface area contributed by atoms with E-state index in [0.717, 1.165) is 25.7 Å². The monoisotopic (exact) mass is 927 g/mol. The summed E-state index contributed by atoms with van der Waals surface area (Å²) in [6.45, 7) is 5.97. The van der Waals surface area contributed by atoms with E-state index in [1.165, 1.54) is 126 Å². The fourth-order valence-corrected chi connectivity index (χ4v) is 9.92. The largest absolute Gasteiger partial charge is 0.475 e. The second-order valence-corrected chi connectivity index (χ2v) is 18.7. The number of rotatable bonds is 31. The standard InChI is InChI=1S/C44H75N6O13P/c1-8-9-10-11-12-13-14-15-16-17-18-19-20-21-22-25-48(37(52)28-32-34(30-56-4)61-41(38(32)57-5)50-27-24-36(51)47-44(50)54)29-33-39(63-64(55,59-7)62-31(2)3)40(58-6)42(60-33)49-26-23-35(45)46-43(49)53/h23-24,26-27,31-34,38-42H,8-22,25,28-30H2,1-7H3,(H2,45,46,53)(H,47,51,54)/t32?,33-,34-,38?,39+,40?,41-,42-,64?/m1/s1. The smallest absolute Gasteiger partial charge is 0.383 e. The molecule has 0 aromatic carbocycles. The molecule has 0 saturated carbocycles. The zero-order chi connectivity index (χ0) is 46.6. The molecule has 0 spiro atoms. The Labute approximate surface area is 377 Å². The highest BCUT2D eigenvalue weighted by Crippen LogP contribution is 2.53. The fraction of sp³-hybridized carbons (Fsp3) is 0.795. The number of nitrogen functional groups attached to an aromatic ring is 1. The number of ether oxygens (including phenoxy) is 5. The number of anilines is 1. The van der Waals surface area contributed by atoms with Gasteiger partial charge in [-0.1, -0.05) is 96.8 Å². The summed E-state index contributed by atoms with van der Waals surface area (Å²) in [7, 11) is 1.36. The summed E-state index contributed by atoms with van der Waals surface area (Å²) in [6.07, 6.45) is 13.2. The van der Waals surface area contributed by atoms with E-state index in [1.54, 1.807) is 18.7 Å². The fourth-order valence-electron chi connectivity index (χ4n) is 8.63. The predicted molar refractivity (Wildman–Crippen MR) is 241 cm³/mol. The minimum absolute atomic E-state index is 0.0109. The number of aromatic amines is 1. The Morgan fingerprint density at radius 3 is 1.91 bits per heavy atom. The van der Waals surface area contributed by atoms with Crippen LogP contribution in [0.5, 0.6) is 0 Å². The van der Waals surface area contributed by atoms with Crippen LogP contribution >= 0.6 is 7.82 Å². The molecule has 4 heterocycles. The summed E-state index contributed by atoms with van der Waals surface area (Å²) < 4.78 is 63.5. The lowest BCUT2D eigenvalue weighted by molar-refractivity contribution is -0.137. The third-order valence-electron chi connectivity index (χ3n) is 11.9. The van der Waals surface area contributed by atoms with Crippen LogP contribution in [0.3, 0.4) is 0 Å². The van der Waals surface area contributed by atoms with E-state index in [2.05, 4.69) is 16.9 Å². The number of hydrogen-bond donors (Lipinski definition) is 2. The first kappa shape index (κ1) is 53.4. The highest BCUT2D eigenvalue weighted by Gasteiger charge is 2.52. The Hall–Kier alpha value is -3.26. The molecular formula is C44H75N6O13P. The zero-order valence-electron chi connectivity index (χ0n) is 39.1. The number of methoxy groups -OCH3 is 3. The Morgan fingerprint density at radius 2 is 1.38 bits per heavy atom. The van der Waals surface area contributed by atoms with E-state index in [-0.39, 0.29) is 31.3 Å². The topological polar surface area (TPSA) is 227 Å². The van der Waals surface area contributed by atoms with Crippen LogP contribution in [-0.2, 0) is 46.6 Å². The van der Waals surface area contributed by atoms with Crippen LogP contribution in [0, 0.1) is 5.92 Å². The summed E-state index contributed by atoms with van der Waals surface area (Å²) in [4.78, 5) is 60.5. The van der Waals surface area contributed by atoms with E-state index in [4.69, 9.17) is 43.0 Å². The molecule has 9 atom stereocenters. The highest BCUT2D eigenvalue weighted by molar-refractivity contribution is 7.48. The van der Waals surface area contributed by atoms with E-state index in [9.17, 15) is 23.7 Å². The van der Waals surface area contributed by atoms with Gasteiger partial charge in [0.05, 0.1) is 18.8 Å².